The fraction of sp³-hybridized carbons (Fsp3) is 0.300. The van der Waals surface area contributed by atoms with Gasteiger partial charge in [0.05, 0.1) is 0 Å². The van der Waals surface area contributed by atoms with Gasteiger partial charge in [-0.3, -0.25) is 4.79 Å². The molecule has 2 N–H and O–H groups in total. The molecule has 1 aromatic carbocycles. The van der Waals surface area contributed by atoms with E-state index in [9.17, 15) is 4.79 Å². The molecule has 4 nitrogen and oxygen atoms in total. The highest BCUT2D eigenvalue weighted by Crippen LogP contribution is 2.05. The minimum Gasteiger partial charge on any atom is -0.423 e. The molecule has 5 heteroatoms. The van der Waals surface area contributed by atoms with E-state index in [2.05, 4.69) is 0 Å². The minimum atomic E-state index is -1.49. The molecule has 0 fully saturated rings. The Morgan fingerprint density at radius 3 is 2.33 bits per heavy atom. The number of amides is 1. The zero-order chi connectivity index (χ0) is 11.6. The summed E-state index contributed by atoms with van der Waals surface area (Å²) in [6, 6.07) is 4.79. The van der Waals surface area contributed by atoms with Crippen LogP contribution < -0.4 is 5.46 Å². The summed E-state index contributed by atoms with van der Waals surface area (Å²) in [6.45, 7) is 1.74. The Morgan fingerprint density at radius 1 is 1.33 bits per heavy atom. The minimum absolute atomic E-state index is 0.0999. The first kappa shape index (κ1) is 11.7. The largest absolute Gasteiger partial charge is 0.488 e. The van der Waals surface area contributed by atoms with E-state index in [1.54, 1.807) is 39.2 Å². The Labute approximate surface area is 89.3 Å². The second-order valence-electron chi connectivity index (χ2n) is 3.64. The molecule has 0 heterocycles. The number of carbonyl (C=O) groups excluding carboxylic acids is 1. The van der Waals surface area contributed by atoms with Crippen molar-refractivity contribution in [2.75, 3.05) is 14.1 Å². The first-order chi connectivity index (χ1) is 6.93. The lowest BCUT2D eigenvalue weighted by molar-refractivity contribution is 0.0827. The van der Waals surface area contributed by atoms with Crippen molar-refractivity contribution < 1.29 is 14.8 Å². The van der Waals surface area contributed by atoms with E-state index in [-0.39, 0.29) is 5.91 Å². The molecule has 15 heavy (non-hydrogen) atoms. The monoisotopic (exact) mass is 207 g/mol. The number of hydrogen-bond donors (Lipinski definition) is 2. The highest BCUT2D eigenvalue weighted by atomic mass is 16.4. The summed E-state index contributed by atoms with van der Waals surface area (Å²) in [5.74, 6) is -0.0999. The van der Waals surface area contributed by atoms with Gasteiger partial charge in [0.2, 0.25) is 0 Å². The number of carbonyl (C=O) groups is 1. The van der Waals surface area contributed by atoms with Crippen molar-refractivity contribution in [1.82, 2.24) is 4.90 Å². The predicted molar refractivity (Wildman–Crippen MR) is 59.0 cm³/mol. The van der Waals surface area contributed by atoms with Crippen molar-refractivity contribution in [3.05, 3.63) is 29.3 Å². The molecule has 0 saturated carbocycles. The third kappa shape index (κ3) is 2.58. The fourth-order valence-corrected chi connectivity index (χ4v) is 1.36. The van der Waals surface area contributed by atoms with Crippen LogP contribution in [0.4, 0.5) is 0 Å². The third-order valence-corrected chi connectivity index (χ3v) is 2.20. The number of benzene rings is 1. The summed E-state index contributed by atoms with van der Waals surface area (Å²) in [5, 5.41) is 18.0. The average Bonchev–Trinajstić information content (AvgIpc) is 2.15. The Balaban J connectivity index is 3.07. The van der Waals surface area contributed by atoms with E-state index < -0.39 is 7.12 Å². The first-order valence-corrected chi connectivity index (χ1v) is 4.62. The SMILES string of the molecule is Cc1cc(C(=O)N(C)C)ccc1B(O)O. The van der Waals surface area contributed by atoms with Crippen molar-refractivity contribution in [1.29, 1.82) is 0 Å². The van der Waals surface area contributed by atoms with Gasteiger partial charge < -0.3 is 14.9 Å². The Morgan fingerprint density at radius 2 is 1.93 bits per heavy atom. The summed E-state index contributed by atoms with van der Waals surface area (Å²) in [6.07, 6.45) is 0. The van der Waals surface area contributed by atoms with E-state index in [0.717, 1.165) is 0 Å². The van der Waals surface area contributed by atoms with Crippen molar-refractivity contribution in [2.24, 2.45) is 0 Å². The molecule has 0 unspecified atom stereocenters. The highest BCUT2D eigenvalue weighted by Gasteiger charge is 2.16. The summed E-state index contributed by atoms with van der Waals surface area (Å²) >= 11 is 0. The number of nitrogens with zero attached hydrogens (tertiary/aromatic N) is 1. The van der Waals surface area contributed by atoms with E-state index in [0.29, 0.717) is 16.6 Å². The average molecular weight is 207 g/mol. The molecule has 0 spiro atoms. The molecule has 0 aliphatic carbocycles. The van der Waals surface area contributed by atoms with E-state index in [4.69, 9.17) is 10.0 Å². The van der Waals surface area contributed by atoms with E-state index >= 15 is 0 Å². The molecular weight excluding hydrogens is 193 g/mol. The molecule has 0 radical (unpaired) electrons. The maximum atomic E-state index is 11.6. The van der Waals surface area contributed by atoms with Crippen LogP contribution in [0.2, 0.25) is 0 Å². The van der Waals surface area contributed by atoms with Gasteiger partial charge in [0.25, 0.3) is 5.91 Å². The number of hydrogen-bond acceptors (Lipinski definition) is 3. The second kappa shape index (κ2) is 4.46. The molecule has 0 aromatic heterocycles. The van der Waals surface area contributed by atoms with Crippen LogP contribution in [0.15, 0.2) is 18.2 Å². The zero-order valence-electron chi connectivity index (χ0n) is 9.06. The first-order valence-electron chi connectivity index (χ1n) is 4.62. The van der Waals surface area contributed by atoms with Gasteiger partial charge in [-0.1, -0.05) is 11.6 Å². The molecule has 1 rings (SSSR count). The van der Waals surface area contributed by atoms with Crippen LogP contribution in [0.5, 0.6) is 0 Å². The van der Waals surface area contributed by atoms with Crippen LogP contribution in [-0.2, 0) is 0 Å². The topological polar surface area (TPSA) is 60.8 Å². The van der Waals surface area contributed by atoms with Crippen LogP contribution in [0.3, 0.4) is 0 Å². The summed E-state index contributed by atoms with van der Waals surface area (Å²) in [5.41, 5.74) is 1.66. The van der Waals surface area contributed by atoms with E-state index in [1.807, 2.05) is 0 Å². The molecule has 0 saturated heterocycles. The van der Waals surface area contributed by atoms with Gasteiger partial charge in [-0.15, -0.1) is 0 Å². The molecule has 1 amide bonds. The van der Waals surface area contributed by atoms with Gasteiger partial charge in [0.1, 0.15) is 0 Å². The third-order valence-electron chi connectivity index (χ3n) is 2.20. The Kier molecular flexibility index (Phi) is 3.50. The maximum Gasteiger partial charge on any atom is 0.488 e. The van der Waals surface area contributed by atoms with Crippen LogP contribution in [0.25, 0.3) is 0 Å². The van der Waals surface area contributed by atoms with Gasteiger partial charge in [-0.05, 0) is 24.5 Å². The molecule has 0 aliphatic heterocycles. The smallest absolute Gasteiger partial charge is 0.423 e. The summed E-state index contributed by atoms with van der Waals surface area (Å²) in [4.78, 5) is 13.1. The maximum absolute atomic E-state index is 11.6. The van der Waals surface area contributed by atoms with Crippen molar-refractivity contribution in [3.63, 3.8) is 0 Å². The normalized spacial score (nSPS) is 9.93. The molecule has 1 aromatic rings. The van der Waals surface area contributed by atoms with Crippen LogP contribution in [-0.4, -0.2) is 42.1 Å². The van der Waals surface area contributed by atoms with Gasteiger partial charge >= 0.3 is 7.12 Å². The van der Waals surface area contributed by atoms with Crippen molar-refractivity contribution in [2.45, 2.75) is 6.92 Å². The van der Waals surface area contributed by atoms with Crippen LogP contribution >= 0.6 is 0 Å². The van der Waals surface area contributed by atoms with Gasteiger partial charge in [-0.25, -0.2) is 0 Å². The molecule has 0 bridgehead atoms. The zero-order valence-corrected chi connectivity index (χ0v) is 9.06. The van der Waals surface area contributed by atoms with Crippen LogP contribution in [0, 0.1) is 6.92 Å². The second-order valence-corrected chi connectivity index (χ2v) is 3.64. The van der Waals surface area contributed by atoms with Gasteiger partial charge in [0.15, 0.2) is 0 Å². The van der Waals surface area contributed by atoms with E-state index in [1.165, 1.54) is 4.90 Å². The molecule has 0 atom stereocenters. The lowest BCUT2D eigenvalue weighted by atomic mass is 9.77. The van der Waals surface area contributed by atoms with Gasteiger partial charge in [0, 0.05) is 19.7 Å². The predicted octanol–water partition coefficient (Wildman–Crippen LogP) is -0.623. The Bertz CT molecular complexity index is 377. The summed E-state index contributed by atoms with van der Waals surface area (Å²) < 4.78 is 0. The lowest BCUT2D eigenvalue weighted by Crippen LogP contribution is -2.32. The van der Waals surface area contributed by atoms with Crippen LogP contribution in [0.1, 0.15) is 15.9 Å². The fourth-order valence-electron chi connectivity index (χ4n) is 1.36. The highest BCUT2D eigenvalue weighted by molar-refractivity contribution is 6.59. The number of aryl methyl sites for hydroxylation is 1. The summed E-state index contributed by atoms with van der Waals surface area (Å²) in [7, 11) is 1.85. The molecular formula is C10H14BNO3. The van der Waals surface area contributed by atoms with Crippen molar-refractivity contribution >= 4 is 18.5 Å². The number of rotatable bonds is 2. The molecule has 80 valence electrons. The Hall–Kier alpha value is -1.33. The standard InChI is InChI=1S/C10H14BNO3/c1-7-6-8(10(13)12(2)3)4-5-9(7)11(14)15/h4-6,14-15H,1-3H3. The van der Waals surface area contributed by atoms with Crippen molar-refractivity contribution in [3.8, 4) is 0 Å². The van der Waals surface area contributed by atoms with Gasteiger partial charge in [-0.2, -0.15) is 0 Å². The quantitative estimate of drug-likeness (QED) is 0.635. The lowest BCUT2D eigenvalue weighted by Gasteiger charge is -2.12. The molecule has 0 aliphatic rings.